The van der Waals surface area contributed by atoms with E-state index >= 15 is 0 Å². The molecular formula is C18H18N4O3. The van der Waals surface area contributed by atoms with Crippen molar-refractivity contribution in [2.24, 2.45) is 0 Å². The Hall–Kier alpha value is -3.09. The molecule has 128 valence electrons. The van der Waals surface area contributed by atoms with Gasteiger partial charge >= 0.3 is 0 Å². The van der Waals surface area contributed by atoms with Crippen LogP contribution >= 0.6 is 0 Å². The molecule has 2 bridgehead atoms. The molecule has 1 aliphatic rings. The lowest BCUT2D eigenvalue weighted by atomic mass is 10.1. The lowest BCUT2D eigenvalue weighted by Crippen LogP contribution is -2.31. The Balaban J connectivity index is 1.82. The van der Waals surface area contributed by atoms with Crippen LogP contribution in [0.2, 0.25) is 0 Å². The highest BCUT2D eigenvalue weighted by atomic mass is 16.5. The van der Waals surface area contributed by atoms with Crippen molar-refractivity contribution in [3.63, 3.8) is 0 Å². The van der Waals surface area contributed by atoms with Gasteiger partial charge in [0, 0.05) is 24.9 Å². The first-order valence-corrected chi connectivity index (χ1v) is 8.12. The molecule has 7 heteroatoms. The van der Waals surface area contributed by atoms with Crippen LogP contribution in [0.4, 0.5) is 0 Å². The maximum absolute atomic E-state index is 12.7. The van der Waals surface area contributed by atoms with Gasteiger partial charge < -0.3 is 14.4 Å². The van der Waals surface area contributed by atoms with Crippen LogP contribution in [0.1, 0.15) is 28.9 Å². The molecule has 1 aromatic carbocycles. The van der Waals surface area contributed by atoms with Crippen molar-refractivity contribution in [1.29, 1.82) is 0 Å². The number of carbonyl (C=O) groups excluding carboxylic acids is 1. The first kappa shape index (κ1) is 15.4. The summed E-state index contributed by atoms with van der Waals surface area (Å²) in [7, 11) is 1.74. The van der Waals surface area contributed by atoms with Crippen LogP contribution in [0.3, 0.4) is 0 Å². The molecule has 0 saturated carbocycles. The molecule has 4 rings (SSSR count). The first-order valence-electron chi connectivity index (χ1n) is 8.12. The number of benzene rings is 1. The summed E-state index contributed by atoms with van der Waals surface area (Å²) >= 11 is 0. The molecule has 7 nitrogen and oxygen atoms in total. The summed E-state index contributed by atoms with van der Waals surface area (Å²) in [6, 6.07) is 9.47. The average Bonchev–Trinajstić information content (AvgIpc) is 3.04. The Bertz CT molecular complexity index is 937. The summed E-state index contributed by atoms with van der Waals surface area (Å²) in [6.45, 7) is 2.79. The quantitative estimate of drug-likeness (QED) is 0.629. The molecule has 0 aliphatic carbocycles. The topological polar surface area (TPSA) is 69.0 Å². The maximum atomic E-state index is 12.7. The SMILES string of the molecule is C[C@H]1Oc2ccn3ncc(c3n2)C(=O)N(C)CCOc2ccccc21. The van der Waals surface area contributed by atoms with Gasteiger partial charge in [0.25, 0.3) is 5.91 Å². The minimum absolute atomic E-state index is 0.149. The number of hydrogen-bond acceptors (Lipinski definition) is 5. The fraction of sp³-hybridized carbons (Fsp3) is 0.278. The Kier molecular flexibility index (Phi) is 3.76. The molecule has 1 aliphatic heterocycles. The molecule has 0 spiro atoms. The number of ether oxygens (including phenoxy) is 2. The third-order valence-electron chi connectivity index (χ3n) is 4.26. The van der Waals surface area contributed by atoms with Crippen molar-refractivity contribution in [3.05, 3.63) is 53.9 Å². The number of hydrogen-bond donors (Lipinski definition) is 0. The van der Waals surface area contributed by atoms with Crippen LogP contribution in [0.15, 0.2) is 42.7 Å². The van der Waals surface area contributed by atoms with E-state index in [1.54, 1.807) is 28.7 Å². The molecule has 3 aromatic rings. The van der Waals surface area contributed by atoms with E-state index in [-0.39, 0.29) is 12.0 Å². The van der Waals surface area contributed by atoms with Crippen molar-refractivity contribution in [2.45, 2.75) is 13.0 Å². The van der Waals surface area contributed by atoms with Crippen LogP contribution in [-0.4, -0.2) is 45.6 Å². The van der Waals surface area contributed by atoms with Gasteiger partial charge in [0.1, 0.15) is 24.0 Å². The molecular weight excluding hydrogens is 320 g/mol. The summed E-state index contributed by atoms with van der Waals surface area (Å²) in [5.74, 6) is 1.04. The first-order chi connectivity index (χ1) is 12.1. The lowest BCUT2D eigenvalue weighted by Gasteiger charge is -2.19. The summed E-state index contributed by atoms with van der Waals surface area (Å²) in [5.41, 5.74) is 1.86. The van der Waals surface area contributed by atoms with Crippen LogP contribution in [0.25, 0.3) is 5.65 Å². The molecule has 3 heterocycles. The van der Waals surface area contributed by atoms with Crippen LogP contribution in [0, 0.1) is 0 Å². The fourth-order valence-electron chi connectivity index (χ4n) is 2.86. The summed E-state index contributed by atoms with van der Waals surface area (Å²) in [5, 5.41) is 4.19. The fourth-order valence-corrected chi connectivity index (χ4v) is 2.86. The number of amides is 1. The van der Waals surface area contributed by atoms with Gasteiger partial charge in [-0.05, 0) is 13.0 Å². The van der Waals surface area contributed by atoms with Crippen molar-refractivity contribution in [2.75, 3.05) is 20.2 Å². The van der Waals surface area contributed by atoms with E-state index in [0.717, 1.165) is 11.3 Å². The van der Waals surface area contributed by atoms with Gasteiger partial charge in [-0.3, -0.25) is 4.79 Å². The van der Waals surface area contributed by atoms with Gasteiger partial charge in [0.05, 0.1) is 12.7 Å². The van der Waals surface area contributed by atoms with Gasteiger partial charge in [0.2, 0.25) is 5.88 Å². The molecule has 1 atom stereocenters. The zero-order chi connectivity index (χ0) is 17.4. The number of aromatic nitrogens is 3. The number of para-hydroxylation sites is 1. The van der Waals surface area contributed by atoms with E-state index in [1.807, 2.05) is 31.2 Å². The van der Waals surface area contributed by atoms with Gasteiger partial charge in [-0.15, -0.1) is 0 Å². The second-order valence-electron chi connectivity index (χ2n) is 5.97. The largest absolute Gasteiger partial charge is 0.491 e. The Labute approximate surface area is 144 Å². The summed E-state index contributed by atoms with van der Waals surface area (Å²) in [6.07, 6.45) is 3.03. The van der Waals surface area contributed by atoms with E-state index < -0.39 is 0 Å². The van der Waals surface area contributed by atoms with E-state index in [4.69, 9.17) is 9.47 Å². The van der Waals surface area contributed by atoms with Crippen molar-refractivity contribution in [3.8, 4) is 11.6 Å². The van der Waals surface area contributed by atoms with E-state index in [9.17, 15) is 4.79 Å². The second kappa shape index (κ2) is 6.08. The predicted molar refractivity (Wildman–Crippen MR) is 90.9 cm³/mol. The molecule has 2 aromatic heterocycles. The van der Waals surface area contributed by atoms with Gasteiger partial charge in [-0.1, -0.05) is 18.2 Å². The molecule has 25 heavy (non-hydrogen) atoms. The number of fused-ring (bicyclic) bond motifs is 2. The highest BCUT2D eigenvalue weighted by Crippen LogP contribution is 2.29. The molecule has 0 radical (unpaired) electrons. The Morgan fingerprint density at radius 2 is 2.08 bits per heavy atom. The van der Waals surface area contributed by atoms with Crippen LogP contribution < -0.4 is 9.47 Å². The monoisotopic (exact) mass is 338 g/mol. The molecule has 0 fully saturated rings. The lowest BCUT2D eigenvalue weighted by molar-refractivity contribution is 0.0775. The van der Waals surface area contributed by atoms with Gasteiger partial charge in [-0.2, -0.15) is 10.1 Å². The Morgan fingerprint density at radius 3 is 2.96 bits per heavy atom. The van der Waals surface area contributed by atoms with E-state index in [0.29, 0.717) is 30.2 Å². The standard InChI is InChI=1S/C18H18N4O3/c1-12-13-5-3-4-6-15(13)24-10-9-21(2)18(23)14-11-19-22-8-7-16(25-12)20-17(14)22/h3-8,11-12H,9-10H2,1-2H3/t12-/m1/s1. The highest BCUT2D eigenvalue weighted by Gasteiger charge is 2.21. The van der Waals surface area contributed by atoms with Crippen molar-refractivity contribution < 1.29 is 14.3 Å². The van der Waals surface area contributed by atoms with Crippen molar-refractivity contribution in [1.82, 2.24) is 19.5 Å². The van der Waals surface area contributed by atoms with Crippen LogP contribution in [0.5, 0.6) is 11.6 Å². The molecule has 0 N–H and O–H groups in total. The van der Waals surface area contributed by atoms with Gasteiger partial charge in [-0.25, -0.2) is 4.52 Å². The zero-order valence-corrected chi connectivity index (χ0v) is 14.0. The van der Waals surface area contributed by atoms with Gasteiger partial charge in [0.15, 0.2) is 5.65 Å². The minimum Gasteiger partial charge on any atom is -0.491 e. The van der Waals surface area contributed by atoms with E-state index in [1.165, 1.54) is 6.20 Å². The van der Waals surface area contributed by atoms with Crippen molar-refractivity contribution >= 4 is 11.6 Å². The zero-order valence-electron chi connectivity index (χ0n) is 14.0. The van der Waals surface area contributed by atoms with E-state index in [2.05, 4.69) is 10.1 Å². The molecule has 1 amide bonds. The number of likely N-dealkylation sites (N-methyl/N-ethyl adjacent to an activating group) is 1. The number of carbonyl (C=O) groups is 1. The Morgan fingerprint density at radius 1 is 1.24 bits per heavy atom. The highest BCUT2D eigenvalue weighted by molar-refractivity contribution is 5.99. The number of rotatable bonds is 0. The molecule has 0 unspecified atom stereocenters. The smallest absolute Gasteiger partial charge is 0.259 e. The third-order valence-corrected chi connectivity index (χ3v) is 4.26. The third kappa shape index (κ3) is 2.77. The second-order valence-corrected chi connectivity index (χ2v) is 5.97. The average molecular weight is 338 g/mol. The maximum Gasteiger partial charge on any atom is 0.259 e. The predicted octanol–water partition coefficient (Wildman–Crippen LogP) is 2.33. The summed E-state index contributed by atoms with van der Waals surface area (Å²) in [4.78, 5) is 18.8. The molecule has 0 saturated heterocycles. The number of nitrogens with zero attached hydrogens (tertiary/aromatic N) is 4. The summed E-state index contributed by atoms with van der Waals surface area (Å²) < 4.78 is 13.5. The minimum atomic E-state index is -0.244. The van der Waals surface area contributed by atoms with Crippen LogP contribution in [-0.2, 0) is 0 Å². The normalized spacial score (nSPS) is 17.9.